The van der Waals surface area contributed by atoms with Crippen LogP contribution in [0.4, 0.5) is 5.69 Å². The van der Waals surface area contributed by atoms with Gasteiger partial charge in [0, 0.05) is 17.1 Å². The van der Waals surface area contributed by atoms with Crippen LogP contribution in [0, 0.1) is 13.8 Å². The molecule has 1 fully saturated rings. The van der Waals surface area contributed by atoms with E-state index in [1.54, 1.807) is 29.2 Å². The Bertz CT molecular complexity index is 1860. The van der Waals surface area contributed by atoms with Gasteiger partial charge in [0.05, 0.1) is 22.7 Å². The van der Waals surface area contributed by atoms with Gasteiger partial charge in [-0.15, -0.1) is 0 Å². The van der Waals surface area contributed by atoms with Crippen LogP contribution >= 0.6 is 11.8 Å². The number of carboxylic acid groups (broad SMARTS) is 1. The molecule has 5 aromatic rings. The van der Waals surface area contributed by atoms with Crippen molar-refractivity contribution in [1.82, 2.24) is 9.47 Å². The van der Waals surface area contributed by atoms with Gasteiger partial charge in [0.1, 0.15) is 0 Å². The number of amides is 1. The number of aromatic carboxylic acids is 1. The lowest BCUT2D eigenvalue weighted by Crippen LogP contribution is -2.28. The maximum atomic E-state index is 13.8. The Kier molecular flexibility index (Phi) is 7.81. The Morgan fingerprint density at radius 1 is 0.837 bits per heavy atom. The first-order chi connectivity index (χ1) is 20.9. The highest BCUT2D eigenvalue weighted by Gasteiger charge is 2.34. The number of amidine groups is 1. The second-order valence-electron chi connectivity index (χ2n) is 10.3. The summed E-state index contributed by atoms with van der Waals surface area (Å²) in [7, 11) is 0. The number of nitrogens with zero attached hydrogens (tertiary/aromatic N) is 3. The molecule has 1 aliphatic rings. The molecule has 6 rings (SSSR count). The summed E-state index contributed by atoms with van der Waals surface area (Å²) in [5, 5.41) is 9.84. The van der Waals surface area contributed by atoms with Crippen LogP contribution in [0.15, 0.2) is 125 Å². The Labute approximate surface area is 254 Å². The van der Waals surface area contributed by atoms with Crippen molar-refractivity contribution in [2.75, 3.05) is 0 Å². The van der Waals surface area contributed by atoms with Crippen molar-refractivity contribution in [3.63, 3.8) is 0 Å². The van der Waals surface area contributed by atoms with E-state index in [-0.39, 0.29) is 18.0 Å². The van der Waals surface area contributed by atoms with Gasteiger partial charge in [0.2, 0.25) is 0 Å². The first-order valence-electron chi connectivity index (χ1n) is 13.9. The summed E-state index contributed by atoms with van der Waals surface area (Å²) in [5.41, 5.74) is 8.23. The molecular formula is C36H29N3O3S. The molecule has 212 valence electrons. The van der Waals surface area contributed by atoms with E-state index in [1.807, 2.05) is 54.6 Å². The van der Waals surface area contributed by atoms with Crippen molar-refractivity contribution in [2.24, 2.45) is 4.99 Å². The van der Waals surface area contributed by atoms with Crippen LogP contribution in [-0.4, -0.2) is 31.6 Å². The zero-order valence-electron chi connectivity index (χ0n) is 23.8. The number of para-hydroxylation sites is 1. The van der Waals surface area contributed by atoms with E-state index in [2.05, 4.69) is 60.9 Å². The fourth-order valence-electron chi connectivity index (χ4n) is 5.18. The van der Waals surface area contributed by atoms with Gasteiger partial charge in [0.15, 0.2) is 5.17 Å². The van der Waals surface area contributed by atoms with E-state index in [9.17, 15) is 14.7 Å². The Hall–Kier alpha value is -5.14. The molecular weight excluding hydrogens is 554 g/mol. The molecule has 0 spiro atoms. The van der Waals surface area contributed by atoms with Gasteiger partial charge in [-0.2, -0.15) is 0 Å². The fourth-order valence-corrected chi connectivity index (χ4v) is 6.17. The molecule has 1 aromatic heterocycles. The number of aryl methyl sites for hydroxylation is 1. The molecule has 0 atom stereocenters. The number of benzene rings is 4. The van der Waals surface area contributed by atoms with E-state index in [1.165, 1.54) is 17.3 Å². The van der Waals surface area contributed by atoms with Gasteiger partial charge in [-0.05, 0) is 96.4 Å². The minimum absolute atomic E-state index is 0.140. The summed E-state index contributed by atoms with van der Waals surface area (Å²) in [4.78, 5) is 32.1. The number of aromatic nitrogens is 1. The molecule has 7 heteroatoms. The third kappa shape index (κ3) is 5.94. The molecule has 0 bridgehead atoms. The van der Waals surface area contributed by atoms with Gasteiger partial charge >= 0.3 is 5.97 Å². The minimum Gasteiger partial charge on any atom is -0.478 e. The number of rotatable bonds is 7. The molecule has 1 amide bonds. The highest BCUT2D eigenvalue weighted by atomic mass is 32.2. The highest BCUT2D eigenvalue weighted by molar-refractivity contribution is 8.18. The van der Waals surface area contributed by atoms with Crippen molar-refractivity contribution >= 4 is 40.6 Å². The predicted molar refractivity (Wildman–Crippen MR) is 174 cm³/mol. The molecule has 1 aliphatic heterocycles. The zero-order chi connectivity index (χ0) is 29.9. The third-order valence-corrected chi connectivity index (χ3v) is 8.41. The molecule has 0 saturated carbocycles. The standard InChI is InChI=1S/C36H29N3O3S/c1-24-21-30(25(2)39(24)32-19-17-28(18-20-32)27-9-5-3-6-10-27)22-33-34(40)38(23-26-13-15-29(16-14-26)35(41)42)36(43-33)37-31-11-7-4-8-12-31/h3-22H,23H2,1-2H3,(H,41,42)/b33-22+,37-36?. The van der Waals surface area contributed by atoms with Crippen LogP contribution in [0.3, 0.4) is 0 Å². The Morgan fingerprint density at radius 2 is 1.47 bits per heavy atom. The maximum Gasteiger partial charge on any atom is 0.335 e. The molecule has 4 aromatic carbocycles. The average Bonchev–Trinajstić information content (AvgIpc) is 3.47. The fraction of sp³-hybridized carbons (Fsp3) is 0.0833. The number of carbonyl (C=O) groups excluding carboxylic acids is 1. The quantitative estimate of drug-likeness (QED) is 0.196. The van der Waals surface area contributed by atoms with Crippen LogP contribution in [0.1, 0.15) is 32.9 Å². The zero-order valence-corrected chi connectivity index (χ0v) is 24.6. The van der Waals surface area contributed by atoms with E-state index >= 15 is 0 Å². The first kappa shape index (κ1) is 28.0. The third-order valence-electron chi connectivity index (χ3n) is 7.40. The number of thioether (sulfide) groups is 1. The Morgan fingerprint density at radius 3 is 2.12 bits per heavy atom. The molecule has 2 heterocycles. The lowest BCUT2D eigenvalue weighted by molar-refractivity contribution is -0.122. The van der Waals surface area contributed by atoms with Gasteiger partial charge in [0.25, 0.3) is 5.91 Å². The van der Waals surface area contributed by atoms with Crippen LogP contribution < -0.4 is 0 Å². The van der Waals surface area contributed by atoms with Gasteiger partial charge in [-0.1, -0.05) is 72.8 Å². The van der Waals surface area contributed by atoms with Gasteiger partial charge < -0.3 is 9.67 Å². The van der Waals surface area contributed by atoms with Gasteiger partial charge in [-0.25, -0.2) is 9.79 Å². The SMILES string of the molecule is Cc1cc(/C=C2/SC(=Nc3ccccc3)N(Cc3ccc(C(=O)O)cc3)C2=O)c(C)n1-c1ccc(-c2ccccc2)cc1. The number of carbonyl (C=O) groups is 2. The first-order valence-corrected chi connectivity index (χ1v) is 14.7. The summed E-state index contributed by atoms with van der Waals surface area (Å²) in [6.07, 6.45) is 1.94. The predicted octanol–water partition coefficient (Wildman–Crippen LogP) is 8.26. The van der Waals surface area contributed by atoms with Crippen molar-refractivity contribution < 1.29 is 14.7 Å². The van der Waals surface area contributed by atoms with Gasteiger partial charge in [-0.3, -0.25) is 9.69 Å². The van der Waals surface area contributed by atoms with Crippen LogP contribution in [0.5, 0.6) is 0 Å². The molecule has 0 radical (unpaired) electrons. The summed E-state index contributed by atoms with van der Waals surface area (Å²) < 4.78 is 2.20. The molecule has 0 aliphatic carbocycles. The maximum absolute atomic E-state index is 13.8. The average molecular weight is 584 g/mol. The molecule has 0 unspecified atom stereocenters. The summed E-state index contributed by atoms with van der Waals surface area (Å²) in [6.45, 7) is 4.41. The number of carboxylic acids is 1. The van der Waals surface area contributed by atoms with Crippen LogP contribution in [0.2, 0.25) is 0 Å². The normalized spacial score (nSPS) is 15.0. The van der Waals surface area contributed by atoms with Crippen molar-refractivity contribution in [2.45, 2.75) is 20.4 Å². The van der Waals surface area contributed by atoms with Crippen molar-refractivity contribution in [3.8, 4) is 16.8 Å². The summed E-state index contributed by atoms with van der Waals surface area (Å²) >= 11 is 1.35. The van der Waals surface area contributed by atoms with E-state index in [0.29, 0.717) is 10.1 Å². The number of hydrogen-bond donors (Lipinski definition) is 1. The monoisotopic (exact) mass is 583 g/mol. The smallest absolute Gasteiger partial charge is 0.335 e. The summed E-state index contributed by atoms with van der Waals surface area (Å²) in [6, 6.07) is 37.0. The highest BCUT2D eigenvalue weighted by Crippen LogP contribution is 2.36. The molecule has 43 heavy (non-hydrogen) atoms. The Balaban J connectivity index is 1.32. The topological polar surface area (TPSA) is 74.9 Å². The van der Waals surface area contributed by atoms with Crippen LogP contribution in [-0.2, 0) is 11.3 Å². The number of aliphatic imine (C=N–C) groups is 1. The van der Waals surface area contributed by atoms with Crippen LogP contribution in [0.25, 0.3) is 22.9 Å². The summed E-state index contributed by atoms with van der Waals surface area (Å²) in [5.74, 6) is -1.13. The molecule has 1 saturated heterocycles. The molecule has 6 nitrogen and oxygen atoms in total. The van der Waals surface area contributed by atoms with E-state index < -0.39 is 5.97 Å². The molecule has 1 N–H and O–H groups in total. The lowest BCUT2D eigenvalue weighted by Gasteiger charge is -2.16. The second-order valence-corrected chi connectivity index (χ2v) is 11.3. The number of hydrogen-bond acceptors (Lipinski definition) is 4. The second kappa shape index (κ2) is 12.0. The minimum atomic E-state index is -0.986. The lowest BCUT2D eigenvalue weighted by atomic mass is 10.1. The van der Waals surface area contributed by atoms with Crippen molar-refractivity contribution in [3.05, 3.63) is 148 Å². The van der Waals surface area contributed by atoms with Crippen molar-refractivity contribution in [1.29, 1.82) is 0 Å². The van der Waals surface area contributed by atoms with E-state index in [0.717, 1.165) is 39.5 Å². The van der Waals surface area contributed by atoms with E-state index in [4.69, 9.17) is 4.99 Å². The largest absolute Gasteiger partial charge is 0.478 e.